The molecule has 0 unspecified atom stereocenters. The summed E-state index contributed by atoms with van der Waals surface area (Å²) in [4.78, 5) is 4.70. The fraction of sp³-hybridized carbons (Fsp3) is 0.235. The Morgan fingerprint density at radius 2 is 1.90 bits per heavy atom. The number of hydrogen-bond acceptors (Lipinski definition) is 2. The maximum absolute atomic E-state index is 5.73. The number of aryl methyl sites for hydroxylation is 1. The van der Waals surface area contributed by atoms with Gasteiger partial charge in [0.25, 0.3) is 0 Å². The van der Waals surface area contributed by atoms with Crippen LogP contribution in [0.15, 0.2) is 48.7 Å². The first kappa shape index (κ1) is 12.9. The smallest absolute Gasteiger partial charge is 0.137 e. The summed E-state index contributed by atoms with van der Waals surface area (Å²) in [7, 11) is 0. The quantitative estimate of drug-likeness (QED) is 0.788. The van der Waals surface area contributed by atoms with Gasteiger partial charge in [-0.1, -0.05) is 37.3 Å². The minimum absolute atomic E-state index is 0.615. The average molecular weight is 265 g/mol. The summed E-state index contributed by atoms with van der Waals surface area (Å²) in [5.41, 5.74) is 11.5. The highest BCUT2D eigenvalue weighted by atomic mass is 15.0. The Morgan fingerprint density at radius 1 is 1.10 bits per heavy atom. The van der Waals surface area contributed by atoms with Gasteiger partial charge < -0.3 is 5.73 Å². The summed E-state index contributed by atoms with van der Waals surface area (Å²) < 4.78 is 2.14. The van der Waals surface area contributed by atoms with Crippen LogP contribution in [-0.2, 0) is 12.8 Å². The lowest BCUT2D eigenvalue weighted by atomic mass is 10.1. The molecule has 2 heterocycles. The summed E-state index contributed by atoms with van der Waals surface area (Å²) in [5, 5.41) is 0. The molecule has 0 bridgehead atoms. The van der Waals surface area contributed by atoms with Crippen LogP contribution in [0.4, 0.5) is 0 Å². The van der Waals surface area contributed by atoms with Crippen molar-refractivity contribution in [2.45, 2.75) is 19.8 Å². The zero-order valence-electron chi connectivity index (χ0n) is 11.7. The Morgan fingerprint density at radius 3 is 2.60 bits per heavy atom. The van der Waals surface area contributed by atoms with Crippen molar-refractivity contribution in [2.24, 2.45) is 5.73 Å². The largest absolute Gasteiger partial charge is 0.330 e. The normalized spacial score (nSPS) is 11.1. The van der Waals surface area contributed by atoms with Crippen LogP contribution in [0.3, 0.4) is 0 Å². The molecule has 20 heavy (non-hydrogen) atoms. The highest BCUT2D eigenvalue weighted by Crippen LogP contribution is 2.26. The van der Waals surface area contributed by atoms with Crippen molar-refractivity contribution in [2.75, 3.05) is 6.54 Å². The Kier molecular flexibility index (Phi) is 3.52. The van der Waals surface area contributed by atoms with Gasteiger partial charge in [0.2, 0.25) is 0 Å². The topological polar surface area (TPSA) is 43.3 Å². The van der Waals surface area contributed by atoms with Gasteiger partial charge in [0, 0.05) is 18.2 Å². The molecule has 102 valence electrons. The molecule has 3 nitrogen and oxygen atoms in total. The lowest BCUT2D eigenvalue weighted by Gasteiger charge is -2.06. The van der Waals surface area contributed by atoms with Crippen molar-refractivity contribution in [3.05, 3.63) is 59.9 Å². The fourth-order valence-corrected chi connectivity index (χ4v) is 2.56. The van der Waals surface area contributed by atoms with E-state index in [4.69, 9.17) is 10.7 Å². The second kappa shape index (κ2) is 5.47. The van der Waals surface area contributed by atoms with Crippen LogP contribution < -0.4 is 5.73 Å². The van der Waals surface area contributed by atoms with Gasteiger partial charge in [-0.3, -0.25) is 4.40 Å². The second-order valence-corrected chi connectivity index (χ2v) is 4.93. The number of pyridine rings is 1. The molecule has 0 aliphatic rings. The molecule has 3 heteroatoms. The molecule has 0 spiro atoms. The van der Waals surface area contributed by atoms with Gasteiger partial charge in [-0.2, -0.15) is 0 Å². The minimum Gasteiger partial charge on any atom is -0.330 e. The SMILES string of the molecule is CCc1ccc(-c2c(CCN)nc3ccccn23)cc1. The Hall–Kier alpha value is -2.13. The lowest BCUT2D eigenvalue weighted by molar-refractivity contribution is 0.939. The number of imidazole rings is 1. The zero-order chi connectivity index (χ0) is 13.9. The molecule has 0 aliphatic carbocycles. The number of aromatic nitrogens is 2. The van der Waals surface area contributed by atoms with E-state index < -0.39 is 0 Å². The molecule has 0 saturated carbocycles. The van der Waals surface area contributed by atoms with Crippen molar-refractivity contribution in [3.63, 3.8) is 0 Å². The van der Waals surface area contributed by atoms with Crippen molar-refractivity contribution in [1.82, 2.24) is 9.38 Å². The molecule has 1 aromatic carbocycles. The number of nitrogens with zero attached hydrogens (tertiary/aromatic N) is 2. The van der Waals surface area contributed by atoms with Crippen LogP contribution in [0.25, 0.3) is 16.9 Å². The number of rotatable bonds is 4. The van der Waals surface area contributed by atoms with Crippen molar-refractivity contribution in [3.8, 4) is 11.3 Å². The zero-order valence-corrected chi connectivity index (χ0v) is 11.7. The Labute approximate surface area is 119 Å². The van der Waals surface area contributed by atoms with E-state index in [1.165, 1.54) is 11.1 Å². The maximum Gasteiger partial charge on any atom is 0.137 e. The third-order valence-corrected chi connectivity index (χ3v) is 3.62. The highest BCUT2D eigenvalue weighted by Gasteiger charge is 2.12. The molecule has 3 rings (SSSR count). The number of benzene rings is 1. The van der Waals surface area contributed by atoms with E-state index in [0.717, 1.165) is 29.9 Å². The second-order valence-electron chi connectivity index (χ2n) is 4.93. The third-order valence-electron chi connectivity index (χ3n) is 3.62. The predicted octanol–water partition coefficient (Wildman–Crippen LogP) is 3.06. The van der Waals surface area contributed by atoms with E-state index in [1.807, 2.05) is 18.2 Å². The number of hydrogen-bond donors (Lipinski definition) is 1. The summed E-state index contributed by atoms with van der Waals surface area (Å²) in [6.45, 7) is 2.78. The first-order chi connectivity index (χ1) is 9.83. The minimum atomic E-state index is 0.615. The van der Waals surface area contributed by atoms with Crippen molar-refractivity contribution >= 4 is 5.65 Å². The third kappa shape index (κ3) is 2.21. The molecule has 0 aliphatic heterocycles. The van der Waals surface area contributed by atoms with Gasteiger partial charge in [0.05, 0.1) is 11.4 Å². The van der Waals surface area contributed by atoms with Gasteiger partial charge in [0.15, 0.2) is 0 Å². The van der Waals surface area contributed by atoms with Crippen LogP contribution in [0, 0.1) is 0 Å². The van der Waals surface area contributed by atoms with Gasteiger partial charge in [-0.15, -0.1) is 0 Å². The van der Waals surface area contributed by atoms with E-state index in [0.29, 0.717) is 6.54 Å². The van der Waals surface area contributed by atoms with Crippen LogP contribution in [0.5, 0.6) is 0 Å². The van der Waals surface area contributed by atoms with Gasteiger partial charge >= 0.3 is 0 Å². The number of nitrogens with two attached hydrogens (primary N) is 1. The standard InChI is InChI=1S/C17H19N3/c1-2-13-6-8-14(9-7-13)17-15(10-11-18)19-16-5-3-4-12-20(16)17/h3-9,12H,2,10-11,18H2,1H3. The monoisotopic (exact) mass is 265 g/mol. The van der Waals surface area contributed by atoms with Crippen molar-refractivity contribution < 1.29 is 0 Å². The molecule has 0 atom stereocenters. The Bertz CT molecular complexity index is 711. The van der Waals surface area contributed by atoms with Crippen LogP contribution in [0.1, 0.15) is 18.2 Å². The fourth-order valence-electron chi connectivity index (χ4n) is 2.56. The average Bonchev–Trinajstić information content (AvgIpc) is 2.86. The highest BCUT2D eigenvalue weighted by molar-refractivity contribution is 5.67. The molecule has 0 fully saturated rings. The Balaban J connectivity index is 2.18. The molecule has 0 amide bonds. The van der Waals surface area contributed by atoms with E-state index in [-0.39, 0.29) is 0 Å². The van der Waals surface area contributed by atoms with E-state index in [2.05, 4.69) is 41.8 Å². The molecular weight excluding hydrogens is 246 g/mol. The first-order valence-corrected chi connectivity index (χ1v) is 7.09. The van der Waals surface area contributed by atoms with Crippen molar-refractivity contribution in [1.29, 1.82) is 0 Å². The summed E-state index contributed by atoms with van der Waals surface area (Å²) in [5.74, 6) is 0. The number of fused-ring (bicyclic) bond motifs is 1. The predicted molar refractivity (Wildman–Crippen MR) is 82.8 cm³/mol. The summed E-state index contributed by atoms with van der Waals surface area (Å²) in [6.07, 6.45) is 3.92. The van der Waals surface area contributed by atoms with Crippen LogP contribution in [0.2, 0.25) is 0 Å². The molecule has 0 radical (unpaired) electrons. The first-order valence-electron chi connectivity index (χ1n) is 7.09. The van der Waals surface area contributed by atoms with E-state index >= 15 is 0 Å². The van der Waals surface area contributed by atoms with Crippen LogP contribution in [-0.4, -0.2) is 15.9 Å². The summed E-state index contributed by atoms with van der Waals surface area (Å²) in [6, 6.07) is 14.8. The van der Waals surface area contributed by atoms with Gasteiger partial charge in [0.1, 0.15) is 5.65 Å². The lowest BCUT2D eigenvalue weighted by Crippen LogP contribution is -2.04. The molecule has 2 aromatic heterocycles. The molecule has 2 N–H and O–H groups in total. The van der Waals surface area contributed by atoms with Gasteiger partial charge in [-0.25, -0.2) is 4.98 Å². The van der Waals surface area contributed by atoms with Crippen LogP contribution >= 0.6 is 0 Å². The molecule has 3 aromatic rings. The molecular formula is C17H19N3. The summed E-state index contributed by atoms with van der Waals surface area (Å²) >= 11 is 0. The van der Waals surface area contributed by atoms with E-state index in [1.54, 1.807) is 0 Å². The molecule has 0 saturated heterocycles. The van der Waals surface area contributed by atoms with E-state index in [9.17, 15) is 0 Å². The maximum atomic E-state index is 5.73. The van der Waals surface area contributed by atoms with Gasteiger partial charge in [-0.05, 0) is 30.7 Å².